The summed E-state index contributed by atoms with van der Waals surface area (Å²) in [6.07, 6.45) is 5.13. The van der Waals surface area contributed by atoms with Crippen LogP contribution in [0, 0.1) is 4.44 Å². The maximum atomic E-state index is 5.58. The summed E-state index contributed by atoms with van der Waals surface area (Å²) in [5, 5.41) is 0. The van der Waals surface area contributed by atoms with E-state index in [1.54, 1.807) is 0 Å². The Kier molecular flexibility index (Phi) is 15.5. The summed E-state index contributed by atoms with van der Waals surface area (Å²) in [4.78, 5) is 0. The van der Waals surface area contributed by atoms with Crippen molar-refractivity contribution in [2.75, 3.05) is 26.4 Å². The van der Waals surface area contributed by atoms with Crippen LogP contribution < -0.4 is 0 Å². The van der Waals surface area contributed by atoms with E-state index in [0.717, 1.165) is 26.4 Å². The maximum absolute atomic E-state index is 5.58. The van der Waals surface area contributed by atoms with Crippen LogP contribution in [-0.4, -0.2) is 69.5 Å². The van der Waals surface area contributed by atoms with E-state index in [9.17, 15) is 0 Å². The van der Waals surface area contributed by atoms with Gasteiger partial charge in [0.15, 0.2) is 0 Å². The molecule has 5 heteroatoms. The van der Waals surface area contributed by atoms with Crippen LogP contribution in [-0.2, 0) is 10.9 Å². The zero-order valence-electron chi connectivity index (χ0n) is 13.0. The van der Waals surface area contributed by atoms with Gasteiger partial charge in [-0.25, -0.2) is 0 Å². The molecule has 5 radical (unpaired) electrons. The molecular weight excluding hydrogens is 454 g/mol. The van der Waals surface area contributed by atoms with Crippen LogP contribution in [0.1, 0.15) is 53.4 Å². The molecule has 0 aromatic rings. The fraction of sp³-hybridized carbons (Fsp3) is 0.929. The Balaban J connectivity index is 0.000000443. The summed E-state index contributed by atoms with van der Waals surface area (Å²) in [6.45, 7) is 12.6. The first kappa shape index (κ1) is 20.5. The zero-order chi connectivity index (χ0) is 14.4. The summed E-state index contributed by atoms with van der Waals surface area (Å²) < 4.78 is 18.9. The quantitative estimate of drug-likeness (QED) is 0.393. The van der Waals surface area contributed by atoms with E-state index in [4.69, 9.17) is 10.9 Å². The minimum absolute atomic E-state index is 0.456. The summed E-state index contributed by atoms with van der Waals surface area (Å²) >= 11 is -1.22. The molecule has 0 aromatic heterocycles. The molecule has 111 valence electrons. The summed E-state index contributed by atoms with van der Waals surface area (Å²) in [6, 6.07) is 0. The molecule has 0 aliphatic carbocycles. The van der Waals surface area contributed by atoms with Gasteiger partial charge in [-0.15, -0.1) is 0 Å². The molecule has 0 atom stereocenters. The van der Waals surface area contributed by atoms with Crippen LogP contribution in [0.3, 0.4) is 0 Å². The Bertz CT molecular complexity index is 174. The van der Waals surface area contributed by atoms with Gasteiger partial charge < -0.3 is 4.74 Å². The molecule has 1 fully saturated rings. The fourth-order valence-corrected chi connectivity index (χ4v) is 7.66. The van der Waals surface area contributed by atoms with Crippen molar-refractivity contribution >= 4 is 43.1 Å². The summed E-state index contributed by atoms with van der Waals surface area (Å²) in [5.74, 6) is 0. The predicted molar refractivity (Wildman–Crippen MR) is 82.4 cm³/mol. The van der Waals surface area contributed by atoms with Crippen LogP contribution in [0.5, 0.6) is 0 Å². The summed E-state index contributed by atoms with van der Waals surface area (Å²) in [5.41, 5.74) is 0. The van der Waals surface area contributed by atoms with E-state index in [-0.39, 0.29) is 0 Å². The number of hydrogen-bond donors (Lipinski definition) is 0. The van der Waals surface area contributed by atoms with Gasteiger partial charge in [0.25, 0.3) is 0 Å². The topological polar surface area (TPSA) is 27.7 Å². The second-order valence-electron chi connectivity index (χ2n) is 5.05. The first-order valence-corrected chi connectivity index (χ1v) is 12.7. The van der Waals surface area contributed by atoms with Crippen molar-refractivity contribution in [2.24, 2.45) is 0 Å². The van der Waals surface area contributed by atoms with Crippen molar-refractivity contribution in [2.45, 2.75) is 56.8 Å². The Morgan fingerprint density at radius 1 is 1.05 bits per heavy atom. The number of rotatable bonds is 8. The number of hydrogen-bond acceptors (Lipinski definition) is 3. The first-order valence-electron chi connectivity index (χ1n) is 7.28. The monoisotopic (exact) mass is 485 g/mol. The van der Waals surface area contributed by atoms with E-state index in [1.165, 1.54) is 25.7 Å². The summed E-state index contributed by atoms with van der Waals surface area (Å²) in [7, 11) is 0. The van der Waals surface area contributed by atoms with Gasteiger partial charge in [0.05, 0.1) is 0 Å². The average molecular weight is 483 g/mol. The molecule has 1 saturated heterocycles. The van der Waals surface area contributed by atoms with E-state index < -0.39 is 43.1 Å². The van der Waals surface area contributed by atoms with Crippen molar-refractivity contribution in [3.05, 3.63) is 4.44 Å². The van der Waals surface area contributed by atoms with Gasteiger partial charge in [-0.05, 0) is 19.3 Å². The molecule has 1 rings (SSSR count). The second kappa shape index (κ2) is 14.4. The first-order chi connectivity index (χ1) is 9.12. The SMILES string of the molecule is C1CCOCC1.CC[O][Sn][CH]C[C](C)(C)[Sn][O]CC. The molecule has 19 heavy (non-hydrogen) atoms. The Morgan fingerprint density at radius 3 is 2.11 bits per heavy atom. The van der Waals surface area contributed by atoms with Gasteiger partial charge in [-0.2, -0.15) is 0 Å². The van der Waals surface area contributed by atoms with E-state index >= 15 is 0 Å². The van der Waals surface area contributed by atoms with Crippen LogP contribution in [0.25, 0.3) is 0 Å². The molecule has 1 aliphatic rings. The normalized spacial score (nSPS) is 15.8. The zero-order valence-corrected chi connectivity index (χ0v) is 18.7. The molecule has 0 unspecified atom stereocenters. The predicted octanol–water partition coefficient (Wildman–Crippen LogP) is 3.24. The van der Waals surface area contributed by atoms with Gasteiger partial charge in [-0.3, -0.25) is 0 Å². The standard InChI is InChI=1S/C5H10O.C5H9.2C2H5O.2Sn/c1-2-4-6-5-3-1;1-4-5(2)3;2*1-2-3;;/h1-5H2;1H,4H2,2-3H3;2*2H2,1H3;;/q;;2*-1;2*+1. The van der Waals surface area contributed by atoms with Crippen molar-refractivity contribution in [1.82, 2.24) is 0 Å². The fourth-order valence-electron chi connectivity index (χ4n) is 1.44. The third-order valence-electron chi connectivity index (χ3n) is 2.49. The molecule has 3 nitrogen and oxygen atoms in total. The van der Waals surface area contributed by atoms with Crippen LogP contribution in [0.4, 0.5) is 0 Å². The molecule has 0 spiro atoms. The third-order valence-corrected chi connectivity index (χ3v) is 8.25. The molecule has 1 heterocycles. The second-order valence-corrected chi connectivity index (χ2v) is 13.0. The van der Waals surface area contributed by atoms with Gasteiger partial charge >= 0.3 is 104 Å². The van der Waals surface area contributed by atoms with Crippen LogP contribution in [0.15, 0.2) is 0 Å². The molecule has 1 aliphatic heterocycles. The Morgan fingerprint density at radius 2 is 1.68 bits per heavy atom. The number of ether oxygens (including phenoxy) is 1. The molecule has 0 aromatic carbocycles. The van der Waals surface area contributed by atoms with Crippen LogP contribution >= 0.6 is 0 Å². The van der Waals surface area contributed by atoms with Gasteiger partial charge in [0.1, 0.15) is 0 Å². The van der Waals surface area contributed by atoms with Gasteiger partial charge in [-0.1, -0.05) is 0 Å². The van der Waals surface area contributed by atoms with E-state index in [1.807, 2.05) is 0 Å². The van der Waals surface area contributed by atoms with Crippen molar-refractivity contribution in [1.29, 1.82) is 0 Å². The van der Waals surface area contributed by atoms with E-state index in [2.05, 4.69) is 32.1 Å². The van der Waals surface area contributed by atoms with Crippen molar-refractivity contribution in [3.63, 3.8) is 0 Å². The minimum atomic E-state index is -0.625. The van der Waals surface area contributed by atoms with Crippen molar-refractivity contribution < 1.29 is 10.9 Å². The molecule has 0 saturated carbocycles. The molecule has 0 N–H and O–H groups in total. The van der Waals surface area contributed by atoms with Gasteiger partial charge in [0, 0.05) is 13.2 Å². The van der Waals surface area contributed by atoms with E-state index in [0.29, 0.717) is 3.43 Å². The van der Waals surface area contributed by atoms with Crippen molar-refractivity contribution in [3.8, 4) is 0 Å². The molecule has 0 amide bonds. The van der Waals surface area contributed by atoms with Gasteiger partial charge in [0.2, 0.25) is 0 Å². The Labute approximate surface area is 141 Å². The van der Waals surface area contributed by atoms with Crippen LogP contribution in [0.2, 0.25) is 3.43 Å². The molecular formula is C14H29O3Sn2. The average Bonchev–Trinajstić information content (AvgIpc) is 2.44. The third kappa shape index (κ3) is 15.7. The molecule has 0 bridgehead atoms. The Hall–Kier alpha value is 1.48.